The van der Waals surface area contributed by atoms with Gasteiger partial charge in [0.1, 0.15) is 0 Å². The first-order valence-electron chi connectivity index (χ1n) is 6.98. The van der Waals surface area contributed by atoms with Crippen molar-refractivity contribution in [3.8, 4) is 0 Å². The summed E-state index contributed by atoms with van der Waals surface area (Å²) in [6.45, 7) is 4.69. The first-order valence-corrected chi connectivity index (χ1v) is 8.03. The van der Waals surface area contributed by atoms with E-state index in [-0.39, 0.29) is 0 Å². The smallest absolute Gasteiger partial charge is 0.0201 e. The monoisotopic (exact) mass is 242 g/mol. The van der Waals surface area contributed by atoms with Crippen LogP contribution in [0.2, 0.25) is 0 Å². The summed E-state index contributed by atoms with van der Waals surface area (Å²) in [6.07, 6.45) is 8.39. The topological polar surface area (TPSA) is 24.1 Å². The molecule has 0 amide bonds. The zero-order chi connectivity index (χ0) is 11.2. The Morgan fingerprint density at radius 2 is 2.12 bits per heavy atom. The minimum Gasteiger partial charge on any atom is -0.313 e. The molecular weight excluding hydrogens is 216 g/mol. The van der Waals surface area contributed by atoms with Crippen molar-refractivity contribution in [2.45, 2.75) is 62.8 Å². The van der Waals surface area contributed by atoms with Crippen LogP contribution in [0.15, 0.2) is 0 Å². The lowest BCUT2D eigenvalue weighted by molar-refractivity contribution is 0.367. The van der Waals surface area contributed by atoms with Gasteiger partial charge in [0.2, 0.25) is 0 Å². The maximum Gasteiger partial charge on any atom is 0.0201 e. The summed E-state index contributed by atoms with van der Waals surface area (Å²) >= 11 is 2.15. The molecule has 2 fully saturated rings. The van der Waals surface area contributed by atoms with E-state index in [1.165, 1.54) is 57.4 Å². The van der Waals surface area contributed by atoms with Gasteiger partial charge in [-0.1, -0.05) is 19.8 Å². The molecule has 1 saturated carbocycles. The second kappa shape index (κ2) is 6.87. The second-order valence-electron chi connectivity index (χ2n) is 5.09. The fourth-order valence-electron chi connectivity index (χ4n) is 2.96. The fourth-order valence-corrected chi connectivity index (χ4v) is 4.19. The molecule has 2 aliphatic rings. The van der Waals surface area contributed by atoms with Crippen LogP contribution in [-0.4, -0.2) is 36.2 Å². The van der Waals surface area contributed by atoms with Gasteiger partial charge in [0, 0.05) is 23.9 Å². The highest BCUT2D eigenvalue weighted by atomic mass is 32.2. The molecule has 0 aromatic heterocycles. The van der Waals surface area contributed by atoms with Gasteiger partial charge < -0.3 is 10.6 Å². The Labute approximate surface area is 104 Å². The highest BCUT2D eigenvalue weighted by Gasteiger charge is 2.27. The molecule has 3 unspecified atom stereocenters. The number of nitrogens with one attached hydrogen (secondary N) is 2. The van der Waals surface area contributed by atoms with Crippen LogP contribution in [0.5, 0.6) is 0 Å². The molecular formula is C13H26N2S. The van der Waals surface area contributed by atoms with Crippen LogP contribution >= 0.6 is 11.8 Å². The summed E-state index contributed by atoms with van der Waals surface area (Å²) in [5, 5.41) is 8.31. The van der Waals surface area contributed by atoms with E-state index in [0.29, 0.717) is 0 Å². The number of piperidine rings is 1. The minimum absolute atomic E-state index is 0.738. The Hall–Kier alpha value is 0.270. The van der Waals surface area contributed by atoms with Crippen LogP contribution in [0.1, 0.15) is 45.4 Å². The minimum atomic E-state index is 0.738. The second-order valence-corrected chi connectivity index (χ2v) is 6.60. The molecule has 3 atom stereocenters. The van der Waals surface area contributed by atoms with Crippen molar-refractivity contribution >= 4 is 11.8 Å². The standard InChI is InChI=1S/C13H26N2S/c1-2-16-13-8-5-7-12(13)15-10-11-6-3-4-9-14-11/h11-15H,2-10H2,1H3. The van der Waals surface area contributed by atoms with E-state index in [1.54, 1.807) is 0 Å². The van der Waals surface area contributed by atoms with Crippen molar-refractivity contribution < 1.29 is 0 Å². The molecule has 3 heteroatoms. The Morgan fingerprint density at radius 1 is 1.19 bits per heavy atom. The zero-order valence-corrected chi connectivity index (χ0v) is 11.3. The lowest BCUT2D eigenvalue weighted by atomic mass is 10.0. The van der Waals surface area contributed by atoms with Crippen molar-refractivity contribution in [1.82, 2.24) is 10.6 Å². The lowest BCUT2D eigenvalue weighted by Gasteiger charge is -2.27. The molecule has 2 rings (SSSR count). The molecule has 1 aliphatic carbocycles. The Balaban J connectivity index is 1.67. The Bertz CT molecular complexity index is 192. The van der Waals surface area contributed by atoms with Gasteiger partial charge in [-0.2, -0.15) is 11.8 Å². The highest BCUT2D eigenvalue weighted by molar-refractivity contribution is 7.99. The van der Waals surface area contributed by atoms with E-state index in [9.17, 15) is 0 Å². The summed E-state index contributed by atoms with van der Waals surface area (Å²) < 4.78 is 0. The van der Waals surface area contributed by atoms with Crippen LogP contribution < -0.4 is 10.6 Å². The normalized spacial score (nSPS) is 35.4. The van der Waals surface area contributed by atoms with Crippen LogP contribution in [0, 0.1) is 0 Å². The number of hydrogen-bond acceptors (Lipinski definition) is 3. The van der Waals surface area contributed by atoms with Gasteiger partial charge in [-0.15, -0.1) is 0 Å². The van der Waals surface area contributed by atoms with Gasteiger partial charge in [0.05, 0.1) is 0 Å². The molecule has 0 aromatic rings. The summed E-state index contributed by atoms with van der Waals surface area (Å²) in [5.41, 5.74) is 0. The summed E-state index contributed by atoms with van der Waals surface area (Å²) in [7, 11) is 0. The molecule has 16 heavy (non-hydrogen) atoms. The largest absolute Gasteiger partial charge is 0.313 e. The van der Waals surface area contributed by atoms with Crippen LogP contribution in [0.4, 0.5) is 0 Å². The SMILES string of the molecule is CCSC1CCCC1NCC1CCCCN1. The van der Waals surface area contributed by atoms with E-state index < -0.39 is 0 Å². The van der Waals surface area contributed by atoms with Gasteiger partial charge in [-0.25, -0.2) is 0 Å². The van der Waals surface area contributed by atoms with Crippen molar-refractivity contribution in [2.75, 3.05) is 18.8 Å². The molecule has 2 nitrogen and oxygen atoms in total. The van der Waals surface area contributed by atoms with E-state index >= 15 is 0 Å². The highest BCUT2D eigenvalue weighted by Crippen LogP contribution is 2.29. The fraction of sp³-hybridized carbons (Fsp3) is 1.00. The van der Waals surface area contributed by atoms with Crippen molar-refractivity contribution in [1.29, 1.82) is 0 Å². The summed E-state index contributed by atoms with van der Waals surface area (Å²) in [5.74, 6) is 1.27. The maximum absolute atomic E-state index is 3.80. The molecule has 2 N–H and O–H groups in total. The van der Waals surface area contributed by atoms with Gasteiger partial charge in [0.15, 0.2) is 0 Å². The average molecular weight is 242 g/mol. The average Bonchev–Trinajstić information content (AvgIpc) is 2.76. The van der Waals surface area contributed by atoms with E-state index in [2.05, 4.69) is 29.3 Å². The van der Waals surface area contributed by atoms with E-state index in [1.807, 2.05) is 0 Å². The van der Waals surface area contributed by atoms with Crippen molar-refractivity contribution in [3.63, 3.8) is 0 Å². The predicted octanol–water partition coefficient (Wildman–Crippen LogP) is 2.39. The van der Waals surface area contributed by atoms with Crippen LogP contribution in [0.25, 0.3) is 0 Å². The number of hydrogen-bond donors (Lipinski definition) is 2. The zero-order valence-electron chi connectivity index (χ0n) is 10.5. The molecule has 0 aromatic carbocycles. The quantitative estimate of drug-likeness (QED) is 0.774. The molecule has 0 spiro atoms. The first-order chi connectivity index (χ1) is 7.90. The lowest BCUT2D eigenvalue weighted by Crippen LogP contribution is -2.46. The first kappa shape index (κ1) is 12.7. The third-order valence-corrected chi connectivity index (χ3v) is 5.20. The van der Waals surface area contributed by atoms with Gasteiger partial charge in [-0.3, -0.25) is 0 Å². The predicted molar refractivity (Wildman–Crippen MR) is 73.2 cm³/mol. The summed E-state index contributed by atoms with van der Waals surface area (Å²) in [6, 6.07) is 1.52. The third kappa shape index (κ3) is 3.64. The number of rotatable bonds is 5. The van der Waals surface area contributed by atoms with Gasteiger partial charge in [-0.05, 0) is 38.0 Å². The van der Waals surface area contributed by atoms with Crippen molar-refractivity contribution in [3.05, 3.63) is 0 Å². The summed E-state index contributed by atoms with van der Waals surface area (Å²) in [4.78, 5) is 0. The van der Waals surface area contributed by atoms with Crippen LogP contribution in [-0.2, 0) is 0 Å². The molecule has 0 bridgehead atoms. The molecule has 0 radical (unpaired) electrons. The maximum atomic E-state index is 3.80. The molecule has 1 saturated heterocycles. The van der Waals surface area contributed by atoms with Gasteiger partial charge >= 0.3 is 0 Å². The van der Waals surface area contributed by atoms with Crippen LogP contribution in [0.3, 0.4) is 0 Å². The molecule has 94 valence electrons. The Morgan fingerprint density at radius 3 is 2.88 bits per heavy atom. The Kier molecular flexibility index (Phi) is 5.46. The molecule has 1 heterocycles. The van der Waals surface area contributed by atoms with E-state index in [0.717, 1.165) is 17.3 Å². The third-order valence-electron chi connectivity index (χ3n) is 3.87. The van der Waals surface area contributed by atoms with E-state index in [4.69, 9.17) is 0 Å². The number of thioether (sulfide) groups is 1. The van der Waals surface area contributed by atoms with Crippen molar-refractivity contribution in [2.24, 2.45) is 0 Å². The molecule has 1 aliphatic heterocycles. The van der Waals surface area contributed by atoms with Gasteiger partial charge in [0.25, 0.3) is 0 Å².